The molecule has 1 aliphatic carbocycles. The van der Waals surface area contributed by atoms with Gasteiger partial charge < -0.3 is 20.3 Å². The molecule has 4 rings (SSSR count). The molecule has 1 saturated carbocycles. The quantitative estimate of drug-likeness (QED) is 0.375. The Balaban J connectivity index is 1.24. The molecule has 0 aliphatic heterocycles. The van der Waals surface area contributed by atoms with E-state index in [2.05, 4.69) is 27.8 Å². The van der Waals surface area contributed by atoms with Crippen LogP contribution >= 0.6 is 11.3 Å². The molecule has 37 heavy (non-hydrogen) atoms. The summed E-state index contributed by atoms with van der Waals surface area (Å²) in [5.74, 6) is 0.0720. The zero-order chi connectivity index (χ0) is 26.2. The van der Waals surface area contributed by atoms with E-state index in [1.54, 1.807) is 41.7 Å². The molecule has 0 bridgehead atoms. The highest BCUT2D eigenvalue weighted by molar-refractivity contribution is 7.13. The summed E-state index contributed by atoms with van der Waals surface area (Å²) >= 11 is 1.27. The normalized spacial score (nSPS) is 13.5. The smallest absolute Gasteiger partial charge is 0.254 e. The van der Waals surface area contributed by atoms with Crippen molar-refractivity contribution in [3.63, 3.8) is 0 Å². The van der Waals surface area contributed by atoms with Gasteiger partial charge in [0.2, 0.25) is 11.8 Å². The number of thiazole rings is 1. The number of rotatable bonds is 12. The van der Waals surface area contributed by atoms with Crippen LogP contribution in [0.5, 0.6) is 5.75 Å². The van der Waals surface area contributed by atoms with Crippen molar-refractivity contribution in [3.05, 3.63) is 76.8 Å². The second kappa shape index (κ2) is 12.5. The van der Waals surface area contributed by atoms with Crippen molar-refractivity contribution in [1.29, 1.82) is 0 Å². The molecule has 2 N–H and O–H groups in total. The highest BCUT2D eigenvalue weighted by atomic mass is 32.1. The van der Waals surface area contributed by atoms with Crippen molar-refractivity contribution < 1.29 is 19.1 Å². The van der Waals surface area contributed by atoms with Gasteiger partial charge in [-0.15, -0.1) is 11.3 Å². The SMILES string of the molecule is COc1ccc(C(=O)N(CC(=O)Nc2nc(CC(=O)NC(C)CCc3ccccc3)cs2)C2CC2)cc1. The summed E-state index contributed by atoms with van der Waals surface area (Å²) in [4.78, 5) is 44.2. The molecule has 3 aromatic rings. The molecule has 1 aliphatic rings. The lowest BCUT2D eigenvalue weighted by Gasteiger charge is -2.21. The largest absolute Gasteiger partial charge is 0.497 e. The van der Waals surface area contributed by atoms with Crippen LogP contribution in [0.15, 0.2) is 60.0 Å². The van der Waals surface area contributed by atoms with Crippen molar-refractivity contribution in [2.45, 2.75) is 51.1 Å². The molecule has 0 radical (unpaired) electrons. The number of hydrogen-bond donors (Lipinski definition) is 2. The van der Waals surface area contributed by atoms with E-state index in [0.29, 0.717) is 22.1 Å². The van der Waals surface area contributed by atoms with Gasteiger partial charge in [-0.2, -0.15) is 0 Å². The van der Waals surface area contributed by atoms with Crippen LogP contribution in [0.1, 0.15) is 47.8 Å². The summed E-state index contributed by atoms with van der Waals surface area (Å²) in [5.41, 5.74) is 2.36. The third-order valence-corrected chi connectivity index (χ3v) is 6.96. The molecule has 0 spiro atoms. The number of carbonyl (C=O) groups is 3. The van der Waals surface area contributed by atoms with E-state index in [-0.39, 0.29) is 42.8 Å². The number of aryl methyl sites for hydroxylation is 1. The number of aromatic nitrogens is 1. The van der Waals surface area contributed by atoms with E-state index in [4.69, 9.17) is 4.74 Å². The molecular formula is C28H32N4O4S. The van der Waals surface area contributed by atoms with E-state index in [9.17, 15) is 14.4 Å². The van der Waals surface area contributed by atoms with Crippen LogP contribution in [0.25, 0.3) is 0 Å². The predicted octanol–water partition coefficient (Wildman–Crippen LogP) is 4.08. The molecule has 1 unspecified atom stereocenters. The molecule has 1 fully saturated rings. The van der Waals surface area contributed by atoms with Crippen LogP contribution in [0.3, 0.4) is 0 Å². The van der Waals surface area contributed by atoms with Gasteiger partial charge in [-0.05, 0) is 62.4 Å². The molecule has 1 heterocycles. The van der Waals surface area contributed by atoms with Gasteiger partial charge in [-0.25, -0.2) is 4.98 Å². The number of benzene rings is 2. The number of carbonyl (C=O) groups excluding carboxylic acids is 3. The molecule has 8 nitrogen and oxygen atoms in total. The number of amides is 3. The Morgan fingerprint density at radius 3 is 2.49 bits per heavy atom. The number of ether oxygens (including phenoxy) is 1. The van der Waals surface area contributed by atoms with Crippen LogP contribution in [-0.2, 0) is 22.4 Å². The monoisotopic (exact) mass is 520 g/mol. The first-order valence-corrected chi connectivity index (χ1v) is 13.3. The minimum atomic E-state index is -0.311. The Morgan fingerprint density at radius 1 is 1.08 bits per heavy atom. The molecule has 1 aromatic heterocycles. The third-order valence-electron chi connectivity index (χ3n) is 6.16. The topological polar surface area (TPSA) is 101 Å². The predicted molar refractivity (Wildman–Crippen MR) is 144 cm³/mol. The van der Waals surface area contributed by atoms with Gasteiger partial charge in [0.25, 0.3) is 5.91 Å². The highest BCUT2D eigenvalue weighted by Crippen LogP contribution is 2.28. The van der Waals surface area contributed by atoms with Crippen LogP contribution in [-0.4, -0.2) is 53.3 Å². The Hall–Kier alpha value is -3.72. The van der Waals surface area contributed by atoms with Crippen molar-refractivity contribution in [1.82, 2.24) is 15.2 Å². The number of anilines is 1. The molecule has 0 saturated heterocycles. The average molecular weight is 521 g/mol. The molecule has 3 amide bonds. The van der Waals surface area contributed by atoms with Gasteiger partial charge in [0, 0.05) is 23.0 Å². The molecule has 2 aromatic carbocycles. The maximum atomic E-state index is 13.0. The maximum Gasteiger partial charge on any atom is 0.254 e. The van der Waals surface area contributed by atoms with Gasteiger partial charge in [0.1, 0.15) is 12.3 Å². The van der Waals surface area contributed by atoms with E-state index in [1.165, 1.54) is 16.9 Å². The van der Waals surface area contributed by atoms with Crippen molar-refractivity contribution in [2.24, 2.45) is 0 Å². The number of hydrogen-bond acceptors (Lipinski definition) is 6. The fraction of sp³-hybridized carbons (Fsp3) is 0.357. The zero-order valence-corrected chi connectivity index (χ0v) is 21.9. The summed E-state index contributed by atoms with van der Waals surface area (Å²) < 4.78 is 5.15. The number of nitrogens with one attached hydrogen (secondary N) is 2. The van der Waals surface area contributed by atoms with Gasteiger partial charge in [-0.3, -0.25) is 14.4 Å². The van der Waals surface area contributed by atoms with Crippen molar-refractivity contribution in [3.8, 4) is 5.75 Å². The summed E-state index contributed by atoms with van der Waals surface area (Å²) in [7, 11) is 1.57. The highest BCUT2D eigenvalue weighted by Gasteiger charge is 2.34. The van der Waals surface area contributed by atoms with E-state index < -0.39 is 0 Å². The maximum absolute atomic E-state index is 13.0. The lowest BCUT2D eigenvalue weighted by molar-refractivity contribution is -0.121. The number of nitrogens with zero attached hydrogens (tertiary/aromatic N) is 2. The van der Waals surface area contributed by atoms with Gasteiger partial charge >= 0.3 is 0 Å². The molecule has 9 heteroatoms. The standard InChI is InChI=1S/C28H32N4O4S/c1-19(8-9-20-6-4-3-5-7-20)29-25(33)16-22-18-37-28(30-22)31-26(34)17-32(23-12-13-23)27(35)21-10-14-24(36-2)15-11-21/h3-7,10-11,14-15,18-19,23H,8-9,12-13,16-17H2,1-2H3,(H,29,33)(H,30,31,34). The van der Waals surface area contributed by atoms with Gasteiger partial charge in [0.15, 0.2) is 5.13 Å². The van der Waals surface area contributed by atoms with Crippen LogP contribution in [0.4, 0.5) is 5.13 Å². The summed E-state index contributed by atoms with van der Waals surface area (Å²) in [5, 5.41) is 7.97. The second-order valence-electron chi connectivity index (χ2n) is 9.25. The second-order valence-corrected chi connectivity index (χ2v) is 10.1. The molecule has 1 atom stereocenters. The van der Waals surface area contributed by atoms with Crippen molar-refractivity contribution in [2.75, 3.05) is 19.0 Å². The van der Waals surface area contributed by atoms with Crippen molar-refractivity contribution >= 4 is 34.2 Å². The Bertz CT molecular complexity index is 1210. The minimum Gasteiger partial charge on any atom is -0.497 e. The lowest BCUT2D eigenvalue weighted by Crippen LogP contribution is -2.39. The van der Waals surface area contributed by atoms with Gasteiger partial charge in [0.05, 0.1) is 19.2 Å². The summed E-state index contributed by atoms with van der Waals surface area (Å²) in [6.45, 7) is 1.94. The van der Waals surface area contributed by atoms with E-state index >= 15 is 0 Å². The lowest BCUT2D eigenvalue weighted by atomic mass is 10.1. The fourth-order valence-electron chi connectivity index (χ4n) is 4.00. The van der Waals surface area contributed by atoms with Crippen LogP contribution < -0.4 is 15.4 Å². The number of methoxy groups -OCH3 is 1. The summed E-state index contributed by atoms with van der Waals surface area (Å²) in [6, 6.07) is 17.2. The first kappa shape index (κ1) is 26.3. The first-order valence-electron chi connectivity index (χ1n) is 12.4. The van der Waals surface area contributed by atoms with Crippen LogP contribution in [0, 0.1) is 0 Å². The molecule has 194 valence electrons. The third kappa shape index (κ3) is 7.88. The minimum absolute atomic E-state index is 0.0437. The Kier molecular flexibility index (Phi) is 8.90. The average Bonchev–Trinajstić information content (AvgIpc) is 3.66. The first-order chi connectivity index (χ1) is 17.9. The zero-order valence-electron chi connectivity index (χ0n) is 21.1. The fourth-order valence-corrected chi connectivity index (χ4v) is 4.73. The molecular weight excluding hydrogens is 488 g/mol. The van der Waals surface area contributed by atoms with E-state index in [0.717, 1.165) is 25.7 Å². The van der Waals surface area contributed by atoms with Gasteiger partial charge in [-0.1, -0.05) is 30.3 Å². The van der Waals surface area contributed by atoms with E-state index in [1.807, 2.05) is 25.1 Å². The van der Waals surface area contributed by atoms with Crippen LogP contribution in [0.2, 0.25) is 0 Å². The Labute approximate surface area is 221 Å². The summed E-state index contributed by atoms with van der Waals surface area (Å²) in [6.07, 6.45) is 3.66. The Morgan fingerprint density at radius 2 is 1.81 bits per heavy atom.